The second-order valence-electron chi connectivity index (χ2n) is 4.87. The lowest BCUT2D eigenvalue weighted by Crippen LogP contribution is -2.23. The summed E-state index contributed by atoms with van der Waals surface area (Å²) in [7, 11) is 0. The number of hydrogen-bond donors (Lipinski definition) is 1. The summed E-state index contributed by atoms with van der Waals surface area (Å²) in [6.45, 7) is -2.79. The van der Waals surface area contributed by atoms with Gasteiger partial charge in [0, 0.05) is 6.04 Å². The normalized spacial score (nSPS) is 18.9. The molecule has 0 spiro atoms. The fraction of sp³-hybridized carbons (Fsp3) is 0.571. The van der Waals surface area contributed by atoms with Crippen LogP contribution in [0.25, 0.3) is 0 Å². The Hall–Kier alpha value is -1.16. The number of alkyl halides is 2. The van der Waals surface area contributed by atoms with Crippen LogP contribution in [0.2, 0.25) is 0 Å². The molecule has 0 radical (unpaired) electrons. The van der Waals surface area contributed by atoms with Gasteiger partial charge in [-0.05, 0) is 36.5 Å². The second kappa shape index (κ2) is 6.14. The van der Waals surface area contributed by atoms with Gasteiger partial charge in [-0.1, -0.05) is 31.4 Å². The van der Waals surface area contributed by atoms with Gasteiger partial charge >= 0.3 is 6.61 Å². The summed E-state index contributed by atoms with van der Waals surface area (Å²) in [5, 5.41) is 0. The lowest BCUT2D eigenvalue weighted by molar-refractivity contribution is -0.0499. The second-order valence-corrected chi connectivity index (χ2v) is 4.87. The number of benzene rings is 1. The lowest BCUT2D eigenvalue weighted by atomic mass is 9.81. The Morgan fingerprint density at radius 2 is 1.89 bits per heavy atom. The van der Waals surface area contributed by atoms with Gasteiger partial charge in [0.25, 0.3) is 0 Å². The minimum atomic E-state index is -2.79. The largest absolute Gasteiger partial charge is 0.435 e. The molecule has 1 saturated carbocycles. The molecule has 100 valence electrons. The zero-order valence-electron chi connectivity index (χ0n) is 10.3. The molecule has 18 heavy (non-hydrogen) atoms. The summed E-state index contributed by atoms with van der Waals surface area (Å²) < 4.78 is 28.7. The van der Waals surface area contributed by atoms with Crippen molar-refractivity contribution >= 4 is 0 Å². The summed E-state index contributed by atoms with van der Waals surface area (Å²) in [4.78, 5) is 0. The zero-order chi connectivity index (χ0) is 13.0. The van der Waals surface area contributed by atoms with E-state index in [9.17, 15) is 8.78 Å². The Morgan fingerprint density at radius 1 is 1.17 bits per heavy atom. The molecule has 1 fully saturated rings. The number of nitrogens with two attached hydrogens (primary N) is 1. The van der Waals surface area contributed by atoms with Gasteiger partial charge in [0.05, 0.1) is 0 Å². The van der Waals surface area contributed by atoms with Crippen LogP contribution >= 0.6 is 0 Å². The van der Waals surface area contributed by atoms with Crippen LogP contribution in [0.4, 0.5) is 8.78 Å². The van der Waals surface area contributed by atoms with E-state index in [-0.39, 0.29) is 11.8 Å². The van der Waals surface area contributed by atoms with E-state index in [1.54, 1.807) is 12.1 Å². The third kappa shape index (κ3) is 3.42. The summed E-state index contributed by atoms with van der Waals surface area (Å²) in [6.07, 6.45) is 5.96. The van der Waals surface area contributed by atoms with E-state index in [0.717, 1.165) is 18.4 Å². The quantitative estimate of drug-likeness (QED) is 0.886. The molecule has 4 heteroatoms. The Bertz CT molecular complexity index is 378. The van der Waals surface area contributed by atoms with Crippen molar-refractivity contribution in [1.82, 2.24) is 0 Å². The van der Waals surface area contributed by atoms with Crippen molar-refractivity contribution in [2.75, 3.05) is 0 Å². The van der Waals surface area contributed by atoms with E-state index in [0.29, 0.717) is 5.92 Å². The molecule has 0 amide bonds. The van der Waals surface area contributed by atoms with Crippen LogP contribution in [-0.2, 0) is 0 Å². The van der Waals surface area contributed by atoms with Gasteiger partial charge < -0.3 is 10.5 Å². The maximum Gasteiger partial charge on any atom is 0.387 e. The van der Waals surface area contributed by atoms with Gasteiger partial charge in [-0.2, -0.15) is 8.78 Å². The van der Waals surface area contributed by atoms with Crippen LogP contribution in [0.15, 0.2) is 24.3 Å². The maximum atomic E-state index is 12.2. The Balaban J connectivity index is 2.06. The van der Waals surface area contributed by atoms with E-state index < -0.39 is 6.61 Å². The van der Waals surface area contributed by atoms with E-state index in [1.807, 2.05) is 6.07 Å². The van der Waals surface area contributed by atoms with Gasteiger partial charge in [-0.3, -0.25) is 0 Å². The first-order valence-electron chi connectivity index (χ1n) is 6.47. The predicted octanol–water partition coefficient (Wildman–Crippen LogP) is 3.87. The van der Waals surface area contributed by atoms with Crippen molar-refractivity contribution in [2.24, 2.45) is 11.7 Å². The van der Waals surface area contributed by atoms with Crippen LogP contribution in [0.1, 0.15) is 43.7 Å². The number of ether oxygens (including phenoxy) is 1. The molecule has 1 atom stereocenters. The number of rotatable bonds is 4. The molecular formula is C14H19F2NO. The molecule has 0 aromatic heterocycles. The molecule has 1 aliphatic carbocycles. The maximum absolute atomic E-state index is 12.2. The monoisotopic (exact) mass is 255 g/mol. The highest BCUT2D eigenvalue weighted by atomic mass is 19.3. The number of halogens is 2. The van der Waals surface area contributed by atoms with Gasteiger partial charge in [0.2, 0.25) is 0 Å². The first-order chi connectivity index (χ1) is 8.66. The molecule has 2 N–H and O–H groups in total. The first kappa shape index (κ1) is 13.3. The highest BCUT2D eigenvalue weighted by Gasteiger charge is 2.22. The van der Waals surface area contributed by atoms with Crippen molar-refractivity contribution < 1.29 is 13.5 Å². The molecule has 0 unspecified atom stereocenters. The molecule has 1 aromatic carbocycles. The molecule has 0 bridgehead atoms. The third-order valence-corrected chi connectivity index (χ3v) is 3.63. The van der Waals surface area contributed by atoms with Crippen LogP contribution < -0.4 is 10.5 Å². The predicted molar refractivity (Wildman–Crippen MR) is 66.6 cm³/mol. The van der Waals surface area contributed by atoms with Crippen LogP contribution in [0.3, 0.4) is 0 Å². The van der Waals surface area contributed by atoms with Crippen LogP contribution in [0, 0.1) is 5.92 Å². The molecule has 2 rings (SSSR count). The average molecular weight is 255 g/mol. The van der Waals surface area contributed by atoms with Crippen molar-refractivity contribution in [3.8, 4) is 5.75 Å². The molecule has 0 saturated heterocycles. The van der Waals surface area contributed by atoms with Gasteiger partial charge in [-0.25, -0.2) is 0 Å². The smallest absolute Gasteiger partial charge is 0.387 e. The molecular weight excluding hydrogens is 236 g/mol. The van der Waals surface area contributed by atoms with Crippen molar-refractivity contribution in [2.45, 2.75) is 44.8 Å². The zero-order valence-corrected chi connectivity index (χ0v) is 10.3. The highest BCUT2D eigenvalue weighted by molar-refractivity contribution is 5.30. The van der Waals surface area contributed by atoms with E-state index in [1.165, 1.54) is 25.3 Å². The minimum absolute atomic E-state index is 0.0773. The fourth-order valence-electron chi connectivity index (χ4n) is 2.66. The summed E-state index contributed by atoms with van der Waals surface area (Å²) in [5.41, 5.74) is 7.12. The van der Waals surface area contributed by atoms with E-state index in [4.69, 9.17) is 5.73 Å². The number of hydrogen-bond acceptors (Lipinski definition) is 2. The molecule has 0 heterocycles. The summed E-state index contributed by atoms with van der Waals surface area (Å²) >= 11 is 0. The molecule has 0 aliphatic heterocycles. The average Bonchev–Trinajstić information content (AvgIpc) is 2.38. The van der Waals surface area contributed by atoms with Crippen molar-refractivity contribution in [1.29, 1.82) is 0 Å². The standard InChI is InChI=1S/C14H19F2NO/c15-14(16)18-12-8-4-7-11(9-12)13(17)10-5-2-1-3-6-10/h4,7-10,13-14H,1-3,5-6,17H2/t13-/m1/s1. The minimum Gasteiger partial charge on any atom is -0.435 e. The van der Waals surface area contributed by atoms with Crippen LogP contribution in [0.5, 0.6) is 5.75 Å². The van der Waals surface area contributed by atoms with Gasteiger partial charge in [0.15, 0.2) is 0 Å². The fourth-order valence-corrected chi connectivity index (χ4v) is 2.66. The van der Waals surface area contributed by atoms with E-state index in [2.05, 4.69) is 4.74 Å². The van der Waals surface area contributed by atoms with Gasteiger partial charge in [-0.15, -0.1) is 0 Å². The summed E-state index contributed by atoms with van der Waals surface area (Å²) in [6, 6.07) is 6.69. The lowest BCUT2D eigenvalue weighted by Gasteiger charge is -2.27. The molecule has 1 aromatic rings. The molecule has 1 aliphatic rings. The Labute approximate surface area is 106 Å². The first-order valence-corrected chi connectivity index (χ1v) is 6.47. The SMILES string of the molecule is N[C@@H](c1cccc(OC(F)F)c1)C1CCCCC1. The van der Waals surface area contributed by atoms with Crippen molar-refractivity contribution in [3.05, 3.63) is 29.8 Å². The summed E-state index contributed by atoms with van der Waals surface area (Å²) in [5.74, 6) is 0.648. The van der Waals surface area contributed by atoms with Crippen molar-refractivity contribution in [3.63, 3.8) is 0 Å². The topological polar surface area (TPSA) is 35.2 Å². The Kier molecular flexibility index (Phi) is 4.53. The third-order valence-electron chi connectivity index (χ3n) is 3.63. The Morgan fingerprint density at radius 3 is 2.56 bits per heavy atom. The highest BCUT2D eigenvalue weighted by Crippen LogP contribution is 2.33. The van der Waals surface area contributed by atoms with Crippen LogP contribution in [-0.4, -0.2) is 6.61 Å². The van der Waals surface area contributed by atoms with Gasteiger partial charge in [0.1, 0.15) is 5.75 Å². The molecule has 2 nitrogen and oxygen atoms in total. The van der Waals surface area contributed by atoms with E-state index >= 15 is 0 Å².